The summed E-state index contributed by atoms with van der Waals surface area (Å²) in [7, 11) is 0. The van der Waals surface area contributed by atoms with Gasteiger partial charge in [-0.05, 0) is 22.7 Å². The SMILES string of the molecule is CC(C)(C)COC(=O)C(CC(=O)O)(CC(C)(C)C)C(C)(C)C. The maximum Gasteiger partial charge on any atom is 0.313 e. The van der Waals surface area contributed by atoms with Crippen molar-refractivity contribution in [3.63, 3.8) is 0 Å². The van der Waals surface area contributed by atoms with Crippen LogP contribution in [0.15, 0.2) is 0 Å². The number of carboxylic acids is 1. The average Bonchev–Trinajstić information content (AvgIpc) is 2.19. The van der Waals surface area contributed by atoms with Crippen LogP contribution in [0.3, 0.4) is 0 Å². The first kappa shape index (κ1) is 20.9. The summed E-state index contributed by atoms with van der Waals surface area (Å²) in [4.78, 5) is 24.3. The van der Waals surface area contributed by atoms with Crippen molar-refractivity contribution in [2.24, 2.45) is 21.7 Å². The van der Waals surface area contributed by atoms with E-state index in [1.165, 1.54) is 0 Å². The molecule has 0 aromatic rings. The maximum atomic E-state index is 12.9. The van der Waals surface area contributed by atoms with Crippen LogP contribution >= 0.6 is 0 Å². The fraction of sp³-hybridized carbons (Fsp3) is 0.889. The molecule has 4 heteroatoms. The Hall–Kier alpha value is -1.06. The van der Waals surface area contributed by atoms with Gasteiger partial charge in [0.15, 0.2) is 0 Å². The summed E-state index contributed by atoms with van der Waals surface area (Å²) < 4.78 is 5.54. The summed E-state index contributed by atoms with van der Waals surface area (Å²) in [5.41, 5.74) is -1.87. The molecule has 1 atom stereocenters. The van der Waals surface area contributed by atoms with Gasteiger partial charge in [-0.2, -0.15) is 0 Å². The summed E-state index contributed by atoms with van der Waals surface area (Å²) in [6.45, 7) is 18.1. The van der Waals surface area contributed by atoms with Crippen LogP contribution in [0.5, 0.6) is 0 Å². The Labute approximate surface area is 135 Å². The predicted octanol–water partition coefficient (Wildman–Crippen LogP) is 4.52. The topological polar surface area (TPSA) is 63.6 Å². The van der Waals surface area contributed by atoms with Crippen LogP contribution in [0, 0.1) is 21.7 Å². The molecule has 0 aromatic carbocycles. The summed E-state index contributed by atoms with van der Waals surface area (Å²) in [5, 5.41) is 9.38. The van der Waals surface area contributed by atoms with Gasteiger partial charge >= 0.3 is 11.9 Å². The smallest absolute Gasteiger partial charge is 0.313 e. The van der Waals surface area contributed by atoms with E-state index in [9.17, 15) is 14.7 Å². The van der Waals surface area contributed by atoms with Crippen molar-refractivity contribution in [3.05, 3.63) is 0 Å². The Morgan fingerprint density at radius 2 is 1.32 bits per heavy atom. The van der Waals surface area contributed by atoms with Gasteiger partial charge in [-0.15, -0.1) is 0 Å². The number of hydrogen-bond acceptors (Lipinski definition) is 3. The monoisotopic (exact) mass is 314 g/mol. The minimum absolute atomic E-state index is 0.149. The first-order chi connectivity index (χ1) is 9.50. The van der Waals surface area contributed by atoms with E-state index < -0.39 is 22.8 Å². The zero-order valence-corrected chi connectivity index (χ0v) is 15.8. The van der Waals surface area contributed by atoms with Gasteiger partial charge < -0.3 is 9.84 Å². The molecule has 0 aliphatic heterocycles. The van der Waals surface area contributed by atoms with Crippen LogP contribution in [0.4, 0.5) is 0 Å². The fourth-order valence-electron chi connectivity index (χ4n) is 2.63. The highest BCUT2D eigenvalue weighted by Gasteiger charge is 2.53. The van der Waals surface area contributed by atoms with E-state index in [0.717, 1.165) is 0 Å². The fourth-order valence-corrected chi connectivity index (χ4v) is 2.63. The lowest BCUT2D eigenvalue weighted by Gasteiger charge is -2.45. The molecule has 4 nitrogen and oxygen atoms in total. The predicted molar refractivity (Wildman–Crippen MR) is 88.6 cm³/mol. The van der Waals surface area contributed by atoms with Gasteiger partial charge in [0, 0.05) is 0 Å². The number of ether oxygens (including phenoxy) is 1. The van der Waals surface area contributed by atoms with Crippen LogP contribution in [-0.4, -0.2) is 23.7 Å². The molecular formula is C18H34O4. The van der Waals surface area contributed by atoms with Gasteiger partial charge in [0.2, 0.25) is 0 Å². The van der Waals surface area contributed by atoms with E-state index in [2.05, 4.69) is 0 Å². The molecule has 22 heavy (non-hydrogen) atoms. The molecule has 0 amide bonds. The number of esters is 1. The van der Waals surface area contributed by atoms with E-state index in [0.29, 0.717) is 6.42 Å². The second-order valence-corrected chi connectivity index (χ2v) is 9.78. The highest BCUT2D eigenvalue weighted by molar-refractivity contribution is 5.83. The van der Waals surface area contributed by atoms with Gasteiger partial charge in [0.25, 0.3) is 0 Å². The normalized spacial score (nSPS) is 16.0. The summed E-state index contributed by atoms with van der Waals surface area (Å²) >= 11 is 0. The van der Waals surface area contributed by atoms with Crippen molar-refractivity contribution in [1.82, 2.24) is 0 Å². The third-order valence-corrected chi connectivity index (χ3v) is 3.75. The largest absolute Gasteiger partial charge is 0.481 e. The molecule has 0 bridgehead atoms. The highest BCUT2D eigenvalue weighted by Crippen LogP contribution is 2.50. The van der Waals surface area contributed by atoms with Gasteiger partial charge in [-0.25, -0.2) is 0 Å². The quantitative estimate of drug-likeness (QED) is 0.758. The van der Waals surface area contributed by atoms with Gasteiger partial charge in [0.1, 0.15) is 0 Å². The number of carbonyl (C=O) groups is 2. The summed E-state index contributed by atoms with van der Waals surface area (Å²) in [6, 6.07) is 0. The Balaban J connectivity index is 5.72. The van der Waals surface area contributed by atoms with E-state index >= 15 is 0 Å². The molecule has 0 rings (SSSR count). The van der Waals surface area contributed by atoms with Crippen molar-refractivity contribution < 1.29 is 19.4 Å². The van der Waals surface area contributed by atoms with E-state index in [1.807, 2.05) is 62.3 Å². The molecule has 0 aromatic heterocycles. The highest BCUT2D eigenvalue weighted by atomic mass is 16.5. The van der Waals surface area contributed by atoms with E-state index in [-0.39, 0.29) is 23.9 Å². The summed E-state index contributed by atoms with van der Waals surface area (Å²) in [5.74, 6) is -1.36. The zero-order valence-electron chi connectivity index (χ0n) is 15.8. The number of aliphatic carboxylic acids is 1. The Kier molecular flexibility index (Phi) is 6.27. The summed E-state index contributed by atoms with van der Waals surface area (Å²) in [6.07, 6.45) is 0.259. The Morgan fingerprint density at radius 1 is 0.864 bits per heavy atom. The lowest BCUT2D eigenvalue weighted by Crippen LogP contribution is -2.48. The molecule has 0 saturated carbocycles. The van der Waals surface area contributed by atoms with Crippen molar-refractivity contribution in [2.45, 2.75) is 75.2 Å². The molecule has 0 aliphatic carbocycles. The third-order valence-electron chi connectivity index (χ3n) is 3.75. The van der Waals surface area contributed by atoms with Crippen LogP contribution in [0.2, 0.25) is 0 Å². The van der Waals surface area contributed by atoms with Crippen molar-refractivity contribution in [3.8, 4) is 0 Å². The van der Waals surface area contributed by atoms with Crippen LogP contribution < -0.4 is 0 Å². The number of rotatable bonds is 5. The molecule has 0 aliphatic rings. The minimum Gasteiger partial charge on any atom is -0.481 e. The lowest BCUT2D eigenvalue weighted by molar-refractivity contribution is -0.175. The number of carbonyl (C=O) groups excluding carboxylic acids is 1. The maximum absolute atomic E-state index is 12.9. The molecule has 1 N–H and O–H groups in total. The van der Waals surface area contributed by atoms with Crippen LogP contribution in [0.1, 0.15) is 75.2 Å². The standard InChI is InChI=1S/C18H34O4/c1-15(2,3)11-18(10-13(19)20,17(7,8)9)14(21)22-12-16(4,5)6/h10-12H2,1-9H3,(H,19,20). The first-order valence-corrected chi connectivity index (χ1v) is 7.89. The minimum atomic E-state index is -1.04. The Bertz CT molecular complexity index is 404. The molecule has 0 radical (unpaired) electrons. The van der Waals surface area contributed by atoms with Crippen molar-refractivity contribution in [2.75, 3.05) is 6.61 Å². The average molecular weight is 314 g/mol. The first-order valence-electron chi connectivity index (χ1n) is 7.89. The van der Waals surface area contributed by atoms with E-state index in [4.69, 9.17) is 4.74 Å². The third kappa shape index (κ3) is 6.37. The van der Waals surface area contributed by atoms with Gasteiger partial charge in [-0.1, -0.05) is 62.3 Å². The number of carboxylic acid groups (broad SMARTS) is 1. The second-order valence-electron chi connectivity index (χ2n) is 9.78. The molecule has 0 heterocycles. The zero-order chi connectivity index (χ0) is 18.0. The van der Waals surface area contributed by atoms with E-state index in [1.54, 1.807) is 0 Å². The van der Waals surface area contributed by atoms with Crippen LogP contribution in [0.25, 0.3) is 0 Å². The molecule has 1 unspecified atom stereocenters. The van der Waals surface area contributed by atoms with Crippen molar-refractivity contribution in [1.29, 1.82) is 0 Å². The van der Waals surface area contributed by atoms with Gasteiger partial charge in [-0.3, -0.25) is 9.59 Å². The number of hydrogen-bond donors (Lipinski definition) is 1. The lowest BCUT2D eigenvalue weighted by atomic mass is 9.58. The second kappa shape index (κ2) is 6.59. The molecule has 0 fully saturated rings. The van der Waals surface area contributed by atoms with Crippen LogP contribution in [-0.2, 0) is 14.3 Å². The van der Waals surface area contributed by atoms with Crippen molar-refractivity contribution >= 4 is 11.9 Å². The Morgan fingerprint density at radius 3 is 1.59 bits per heavy atom. The molecule has 0 saturated heterocycles. The molecular weight excluding hydrogens is 280 g/mol. The molecule has 0 spiro atoms. The molecule has 130 valence electrons. The van der Waals surface area contributed by atoms with Gasteiger partial charge in [0.05, 0.1) is 18.4 Å².